The van der Waals surface area contributed by atoms with Gasteiger partial charge in [0.1, 0.15) is 0 Å². The Morgan fingerprint density at radius 1 is 1.20 bits per heavy atom. The van der Waals surface area contributed by atoms with E-state index in [-0.39, 0.29) is 0 Å². The summed E-state index contributed by atoms with van der Waals surface area (Å²) in [5.41, 5.74) is 1.35. The maximum absolute atomic E-state index is 5.61. The zero-order valence-corrected chi connectivity index (χ0v) is 9.10. The number of methoxy groups -OCH3 is 1. The van der Waals surface area contributed by atoms with Gasteiger partial charge in [-0.15, -0.1) is 0 Å². The summed E-state index contributed by atoms with van der Waals surface area (Å²) in [7, 11) is 1.85. The van der Waals surface area contributed by atoms with Crippen LogP contribution in [0.15, 0.2) is 30.3 Å². The number of anilines is 1. The van der Waals surface area contributed by atoms with Crippen LogP contribution in [0.4, 0.5) is 5.69 Å². The van der Waals surface area contributed by atoms with Crippen molar-refractivity contribution in [3.63, 3.8) is 0 Å². The summed E-state index contributed by atoms with van der Waals surface area (Å²) < 4.78 is 5.61. The lowest BCUT2D eigenvalue weighted by atomic mass is 10.1. The van der Waals surface area contributed by atoms with Gasteiger partial charge in [0, 0.05) is 25.3 Å². The van der Waals surface area contributed by atoms with Crippen molar-refractivity contribution >= 4 is 5.69 Å². The Kier molecular flexibility index (Phi) is 2.17. The van der Waals surface area contributed by atoms with Crippen LogP contribution < -0.4 is 4.90 Å². The predicted molar refractivity (Wildman–Crippen MR) is 61.1 cm³/mol. The molecule has 1 aliphatic heterocycles. The quantitative estimate of drug-likeness (QED) is 0.731. The lowest BCUT2D eigenvalue weighted by Gasteiger charge is -2.29. The number of rotatable bonds is 2. The molecule has 15 heavy (non-hydrogen) atoms. The van der Waals surface area contributed by atoms with Crippen LogP contribution in [0.3, 0.4) is 0 Å². The molecule has 0 unspecified atom stereocenters. The second-order valence-electron chi connectivity index (χ2n) is 4.59. The molecule has 2 bridgehead atoms. The highest BCUT2D eigenvalue weighted by Crippen LogP contribution is 2.41. The van der Waals surface area contributed by atoms with E-state index in [1.165, 1.54) is 25.1 Å². The summed E-state index contributed by atoms with van der Waals surface area (Å²) in [6.45, 7) is 1.17. The molecule has 0 amide bonds. The van der Waals surface area contributed by atoms with Gasteiger partial charge in [0.05, 0.1) is 12.1 Å². The zero-order chi connectivity index (χ0) is 10.3. The highest BCUT2D eigenvalue weighted by Gasteiger charge is 2.46. The molecule has 1 saturated heterocycles. The smallest absolute Gasteiger partial charge is 0.0819 e. The minimum absolute atomic E-state index is 0.463. The Labute approximate surface area is 90.8 Å². The Morgan fingerprint density at radius 3 is 2.67 bits per heavy atom. The molecule has 2 nitrogen and oxygen atoms in total. The monoisotopic (exact) mass is 203 g/mol. The Bertz CT molecular complexity index is 338. The molecule has 3 atom stereocenters. The standard InChI is InChI=1S/C13H17NO/c1-15-13-10-7-8-12(13)14(9-10)11-5-3-2-4-6-11/h2-6,10,12-13H,7-9H2,1H3/t10-,12+,13-/m0/s1. The van der Waals surface area contributed by atoms with Gasteiger partial charge in [-0.05, 0) is 25.0 Å². The fourth-order valence-electron chi connectivity index (χ4n) is 3.21. The molecule has 0 spiro atoms. The van der Waals surface area contributed by atoms with Gasteiger partial charge >= 0.3 is 0 Å². The second-order valence-corrected chi connectivity index (χ2v) is 4.59. The maximum atomic E-state index is 5.61. The third-order valence-corrected chi connectivity index (χ3v) is 3.87. The molecule has 1 aromatic rings. The van der Waals surface area contributed by atoms with Crippen LogP contribution in [0.1, 0.15) is 12.8 Å². The van der Waals surface area contributed by atoms with Crippen LogP contribution in [0.25, 0.3) is 0 Å². The Balaban J connectivity index is 1.86. The van der Waals surface area contributed by atoms with Crippen molar-refractivity contribution in [2.45, 2.75) is 25.0 Å². The highest BCUT2D eigenvalue weighted by atomic mass is 16.5. The third kappa shape index (κ3) is 1.36. The van der Waals surface area contributed by atoms with Gasteiger partial charge in [-0.3, -0.25) is 0 Å². The molecule has 1 aromatic carbocycles. The molecule has 3 rings (SSSR count). The molecular formula is C13H17NO. The minimum Gasteiger partial charge on any atom is -0.379 e. The van der Waals surface area contributed by atoms with Gasteiger partial charge in [0.2, 0.25) is 0 Å². The maximum Gasteiger partial charge on any atom is 0.0819 e. The van der Waals surface area contributed by atoms with Gasteiger partial charge in [-0.2, -0.15) is 0 Å². The van der Waals surface area contributed by atoms with E-state index in [4.69, 9.17) is 4.74 Å². The van der Waals surface area contributed by atoms with Gasteiger partial charge < -0.3 is 9.64 Å². The van der Waals surface area contributed by atoms with E-state index in [2.05, 4.69) is 35.2 Å². The van der Waals surface area contributed by atoms with Gasteiger partial charge in [-0.1, -0.05) is 18.2 Å². The minimum atomic E-state index is 0.463. The van der Waals surface area contributed by atoms with Crippen LogP contribution >= 0.6 is 0 Å². The van der Waals surface area contributed by atoms with E-state index in [1.807, 2.05) is 7.11 Å². The lowest BCUT2D eigenvalue weighted by molar-refractivity contribution is 0.0854. The van der Waals surface area contributed by atoms with Crippen molar-refractivity contribution in [2.75, 3.05) is 18.6 Å². The van der Waals surface area contributed by atoms with E-state index < -0.39 is 0 Å². The van der Waals surface area contributed by atoms with Gasteiger partial charge in [-0.25, -0.2) is 0 Å². The molecule has 80 valence electrons. The molecule has 0 radical (unpaired) electrons. The molecule has 0 N–H and O–H groups in total. The van der Waals surface area contributed by atoms with E-state index in [9.17, 15) is 0 Å². The second kappa shape index (κ2) is 3.53. The summed E-state index contributed by atoms with van der Waals surface area (Å²) in [6.07, 6.45) is 3.09. The van der Waals surface area contributed by atoms with Crippen molar-refractivity contribution in [3.8, 4) is 0 Å². The number of hydrogen-bond donors (Lipinski definition) is 0. The number of benzene rings is 1. The Hall–Kier alpha value is -1.02. The van der Waals surface area contributed by atoms with Gasteiger partial charge in [0.25, 0.3) is 0 Å². The topological polar surface area (TPSA) is 12.5 Å². The summed E-state index contributed by atoms with van der Waals surface area (Å²) >= 11 is 0. The van der Waals surface area contributed by atoms with Gasteiger partial charge in [0.15, 0.2) is 0 Å². The number of piperidine rings is 1. The fourth-order valence-corrected chi connectivity index (χ4v) is 3.21. The normalized spacial score (nSPS) is 33.7. The first kappa shape index (κ1) is 9.22. The van der Waals surface area contributed by atoms with Crippen LogP contribution in [0, 0.1) is 5.92 Å². The molecule has 2 fully saturated rings. The average molecular weight is 203 g/mol. The Morgan fingerprint density at radius 2 is 2.00 bits per heavy atom. The van der Waals surface area contributed by atoms with E-state index in [1.54, 1.807) is 0 Å². The van der Waals surface area contributed by atoms with E-state index in [0.29, 0.717) is 12.1 Å². The fraction of sp³-hybridized carbons (Fsp3) is 0.538. The van der Waals surface area contributed by atoms with Crippen LogP contribution in [-0.2, 0) is 4.74 Å². The molecule has 0 aromatic heterocycles. The average Bonchev–Trinajstić information content (AvgIpc) is 2.86. The van der Waals surface area contributed by atoms with Crippen LogP contribution in [0.5, 0.6) is 0 Å². The summed E-state index contributed by atoms with van der Waals surface area (Å²) in [5, 5.41) is 0. The molecule has 1 aliphatic carbocycles. The van der Waals surface area contributed by atoms with E-state index >= 15 is 0 Å². The molecule has 2 aliphatic rings. The molecule has 1 saturated carbocycles. The first-order valence-electron chi connectivity index (χ1n) is 5.74. The first-order valence-corrected chi connectivity index (χ1v) is 5.74. The summed E-state index contributed by atoms with van der Waals surface area (Å²) in [6, 6.07) is 11.3. The SMILES string of the molecule is CO[C@H]1[C@H]2CC[C@H]1N(c1ccccc1)C2. The van der Waals surface area contributed by atoms with Crippen molar-refractivity contribution in [1.82, 2.24) is 0 Å². The lowest BCUT2D eigenvalue weighted by Crippen LogP contribution is -2.34. The predicted octanol–water partition coefficient (Wildman–Crippen LogP) is 2.30. The van der Waals surface area contributed by atoms with Crippen molar-refractivity contribution in [2.24, 2.45) is 5.92 Å². The van der Waals surface area contributed by atoms with Crippen molar-refractivity contribution < 1.29 is 4.74 Å². The third-order valence-electron chi connectivity index (χ3n) is 3.87. The number of nitrogens with zero attached hydrogens (tertiary/aromatic N) is 1. The molecule has 1 heterocycles. The first-order chi connectivity index (χ1) is 7.40. The number of ether oxygens (including phenoxy) is 1. The number of hydrogen-bond acceptors (Lipinski definition) is 2. The summed E-state index contributed by atoms with van der Waals surface area (Å²) in [4.78, 5) is 2.52. The number of fused-ring (bicyclic) bond motifs is 2. The molecular weight excluding hydrogens is 186 g/mol. The van der Waals surface area contributed by atoms with Crippen molar-refractivity contribution in [1.29, 1.82) is 0 Å². The largest absolute Gasteiger partial charge is 0.379 e. The zero-order valence-electron chi connectivity index (χ0n) is 9.10. The number of para-hydroxylation sites is 1. The van der Waals surface area contributed by atoms with E-state index in [0.717, 1.165) is 5.92 Å². The molecule has 2 heteroatoms. The van der Waals surface area contributed by atoms with Crippen LogP contribution in [-0.4, -0.2) is 25.8 Å². The summed E-state index contributed by atoms with van der Waals surface area (Å²) in [5.74, 6) is 0.750. The van der Waals surface area contributed by atoms with Crippen LogP contribution in [0.2, 0.25) is 0 Å². The highest BCUT2D eigenvalue weighted by molar-refractivity contribution is 5.49. The van der Waals surface area contributed by atoms with Crippen molar-refractivity contribution in [3.05, 3.63) is 30.3 Å².